The van der Waals surface area contributed by atoms with E-state index in [4.69, 9.17) is 32.8 Å². The third-order valence-electron chi connectivity index (χ3n) is 0.258. The van der Waals surface area contributed by atoms with Crippen molar-refractivity contribution in [3.8, 4) is 0 Å². The topological polar surface area (TPSA) is 138 Å². The van der Waals surface area contributed by atoms with Gasteiger partial charge in [-0.05, 0) is 0 Å². The van der Waals surface area contributed by atoms with Crippen LogP contribution in [0.25, 0.3) is 0 Å². The molecule has 8 heteroatoms. The van der Waals surface area contributed by atoms with Crippen LogP contribution in [0.4, 0.5) is 0 Å². The summed E-state index contributed by atoms with van der Waals surface area (Å²) in [4.78, 5) is 18.0. The van der Waals surface area contributed by atoms with Gasteiger partial charge in [-0.3, -0.25) is 0 Å². The first kappa shape index (κ1) is 17.6. The Morgan fingerprint density at radius 3 is 1.08 bits per heavy atom. The molecule has 0 unspecified atom stereocenters. The van der Waals surface area contributed by atoms with Crippen molar-refractivity contribution in [2.75, 3.05) is 13.2 Å². The number of carboxylic acids is 2. The first-order valence-electron chi connectivity index (χ1n) is 2.36. The maximum atomic E-state index is 9.01. The van der Waals surface area contributed by atoms with E-state index in [9.17, 15) is 0 Å². The second-order valence-corrected chi connectivity index (χ2v) is 1.06. The quantitative estimate of drug-likeness (QED) is 0.507. The number of hydrogen-bond acceptors (Lipinski definition) is 7. The van der Waals surface area contributed by atoms with E-state index >= 15 is 0 Å². The molecule has 0 saturated carbocycles. The monoisotopic (exact) mass is 256 g/mol. The fourth-order valence-corrected chi connectivity index (χ4v) is 0. The molecule has 2 N–H and O–H groups in total. The molecular weight excluding hydrogens is 251 g/mol. The Balaban J connectivity index is -0.000000112. The average molecular weight is 257 g/mol. The van der Waals surface area contributed by atoms with Crippen molar-refractivity contribution in [3.63, 3.8) is 0 Å². The van der Waals surface area contributed by atoms with Crippen LogP contribution in [0.5, 0.6) is 0 Å². The molecule has 0 radical (unpaired) electrons. The van der Waals surface area contributed by atoms with Gasteiger partial charge in [0.05, 0.1) is 25.2 Å². The number of carbonyl (C=O) groups is 2. The summed E-state index contributed by atoms with van der Waals surface area (Å²) in [5, 5.41) is 33.0. The van der Waals surface area contributed by atoms with E-state index in [1.54, 1.807) is 0 Å². The van der Waals surface area contributed by atoms with Crippen LogP contribution in [0.1, 0.15) is 0 Å². The molecule has 0 spiro atoms. The van der Waals surface area contributed by atoms with E-state index in [0.717, 1.165) is 0 Å². The Bertz CT molecular complexity index is 111. The Morgan fingerprint density at radius 1 is 1.00 bits per heavy atom. The van der Waals surface area contributed by atoms with Gasteiger partial charge in [-0.15, -0.1) is 0 Å². The van der Waals surface area contributed by atoms with Crippen LogP contribution in [0, 0.1) is 0 Å². The zero-order valence-corrected chi connectivity index (χ0v) is 8.31. The average Bonchev–Trinajstić information content (AvgIpc) is 2.09. The van der Waals surface area contributed by atoms with E-state index in [1.165, 1.54) is 0 Å². The number of carbonyl (C=O) groups excluding carboxylic acids is 2. The Kier molecular flexibility index (Phi) is 24.7. The van der Waals surface area contributed by atoms with Crippen LogP contribution in [-0.2, 0) is 37.1 Å². The number of aliphatic hydroxyl groups is 2. The molecule has 0 aromatic heterocycles. The van der Waals surface area contributed by atoms with Gasteiger partial charge in [-0.25, -0.2) is 0 Å². The molecule has 68 valence electrons. The Morgan fingerprint density at radius 2 is 1.08 bits per heavy atom. The molecule has 0 heterocycles. The molecule has 0 fully saturated rings. The van der Waals surface area contributed by atoms with Gasteiger partial charge in [0.1, 0.15) is 0 Å². The zero-order chi connectivity index (χ0) is 10.6. The molecule has 7 nitrogen and oxygen atoms in total. The predicted molar refractivity (Wildman–Crippen MR) is 24.9 cm³/mol. The van der Waals surface area contributed by atoms with E-state index in [0.29, 0.717) is 24.7 Å². The van der Waals surface area contributed by atoms with Crippen molar-refractivity contribution in [1.82, 2.24) is 0 Å². The summed E-state index contributed by atoms with van der Waals surface area (Å²) in [6.45, 7) is -1.78. The summed E-state index contributed by atoms with van der Waals surface area (Å²) in [6.07, 6.45) is 0. The van der Waals surface area contributed by atoms with Gasteiger partial charge in [0, 0.05) is 0 Å². The molecule has 12 heavy (non-hydrogen) atoms. The molecule has 0 aliphatic carbocycles. The van der Waals surface area contributed by atoms with Gasteiger partial charge in [-0.2, -0.15) is 0 Å². The summed E-state index contributed by atoms with van der Waals surface area (Å²) in [6, 6.07) is 0. The van der Waals surface area contributed by atoms with Gasteiger partial charge in [-0.1, -0.05) is 0 Å². The van der Waals surface area contributed by atoms with Crippen LogP contribution in [0.15, 0.2) is 0 Å². The summed E-state index contributed by atoms with van der Waals surface area (Å²) < 4.78 is 8.34. The number of hydrogen-bond donors (Lipinski definition) is 2. The van der Waals surface area contributed by atoms with Gasteiger partial charge < -0.3 is 30.0 Å². The maximum absolute atomic E-state index is 9.01. The summed E-state index contributed by atoms with van der Waals surface area (Å²) in [7, 11) is 0. The molecule has 0 aromatic rings. The number of rotatable bonds is 2. The van der Waals surface area contributed by atoms with Crippen molar-refractivity contribution >= 4 is 11.9 Å². The van der Waals surface area contributed by atoms with E-state index < -0.39 is 25.2 Å². The molecule has 0 amide bonds. The molecular formula is C4H6O7Zr. The van der Waals surface area contributed by atoms with Gasteiger partial charge in [0.2, 0.25) is 0 Å². The summed E-state index contributed by atoms with van der Waals surface area (Å²) in [5.74, 6) is -2.88. The fraction of sp³-hybridized carbons (Fsp3) is 0.500. The van der Waals surface area contributed by atoms with Crippen LogP contribution < -0.4 is 10.2 Å². The first-order valence-corrected chi connectivity index (χ1v) is 3.36. The van der Waals surface area contributed by atoms with Gasteiger partial charge >= 0.3 is 27.5 Å². The SMILES string of the molecule is O=C([O-])CO.O=C([O-])CO.[O]=[Zr+2]. The van der Waals surface area contributed by atoms with Crippen molar-refractivity contribution in [1.29, 1.82) is 0 Å². The van der Waals surface area contributed by atoms with Crippen molar-refractivity contribution in [2.45, 2.75) is 0 Å². The standard InChI is InChI=1S/2C2H4O3.O.Zr/c2*3-1-2(4)5;;/h2*3H,1H2,(H,4,5);;/q;;;+2/p-2. The molecule has 0 rings (SSSR count). The zero-order valence-electron chi connectivity index (χ0n) is 5.85. The third-order valence-corrected chi connectivity index (χ3v) is 0.258. The minimum absolute atomic E-state index is 0.300. The minimum atomic E-state index is -1.44. The molecule has 0 aliphatic rings. The van der Waals surface area contributed by atoms with E-state index in [2.05, 4.69) is 0 Å². The molecule has 0 aliphatic heterocycles. The second kappa shape index (κ2) is 16.9. The van der Waals surface area contributed by atoms with E-state index in [-0.39, 0.29) is 0 Å². The van der Waals surface area contributed by atoms with Crippen molar-refractivity contribution in [3.05, 3.63) is 0 Å². The Labute approximate surface area is 82.9 Å². The van der Waals surface area contributed by atoms with E-state index in [1.807, 2.05) is 0 Å². The second-order valence-electron chi connectivity index (χ2n) is 1.06. The number of aliphatic hydroxyl groups excluding tert-OH is 2. The molecule has 0 saturated heterocycles. The van der Waals surface area contributed by atoms with Crippen molar-refractivity contribution < 1.29 is 57.6 Å². The predicted octanol–water partition coefficient (Wildman–Crippen LogP) is -4.66. The number of aliphatic carboxylic acids is 2. The summed E-state index contributed by atoms with van der Waals surface area (Å²) in [5.41, 5.74) is 0. The van der Waals surface area contributed by atoms with Crippen molar-refractivity contribution in [2.24, 2.45) is 0 Å². The molecule has 0 atom stereocenters. The number of carboxylic acid groups (broad SMARTS) is 2. The van der Waals surface area contributed by atoms with Crippen LogP contribution >= 0.6 is 0 Å². The van der Waals surface area contributed by atoms with Crippen LogP contribution in [0.2, 0.25) is 0 Å². The van der Waals surface area contributed by atoms with Crippen LogP contribution in [-0.4, -0.2) is 35.4 Å². The molecule has 0 bridgehead atoms. The summed E-state index contributed by atoms with van der Waals surface area (Å²) >= 11 is 0.300. The fourth-order valence-electron chi connectivity index (χ4n) is 0. The molecule has 0 aromatic carbocycles. The van der Waals surface area contributed by atoms with Crippen LogP contribution in [0.3, 0.4) is 0 Å². The first-order chi connectivity index (χ1) is 5.54. The Hall–Kier alpha value is -0.457. The van der Waals surface area contributed by atoms with Gasteiger partial charge in [0.15, 0.2) is 0 Å². The normalized spacial score (nSPS) is 6.67. The van der Waals surface area contributed by atoms with Gasteiger partial charge in [0.25, 0.3) is 0 Å². The third kappa shape index (κ3) is 55.5.